The van der Waals surface area contributed by atoms with E-state index in [1.54, 1.807) is 36.4 Å². The maximum Gasteiger partial charge on any atom is 0.277 e. The summed E-state index contributed by atoms with van der Waals surface area (Å²) in [5.41, 5.74) is 1.34. The van der Waals surface area contributed by atoms with Gasteiger partial charge in [-0.1, -0.05) is 23.7 Å². The number of nitrogens with zero attached hydrogens (tertiary/aromatic N) is 1. The molecule has 3 amide bonds. The van der Waals surface area contributed by atoms with Gasteiger partial charge in [0.05, 0.1) is 25.5 Å². The van der Waals surface area contributed by atoms with Gasteiger partial charge in [0, 0.05) is 18.7 Å². The van der Waals surface area contributed by atoms with Gasteiger partial charge in [-0.05, 0) is 29.8 Å². The van der Waals surface area contributed by atoms with Crippen LogP contribution in [0.4, 0.5) is 11.4 Å². The quantitative estimate of drug-likeness (QED) is 0.779. The van der Waals surface area contributed by atoms with Crippen LogP contribution in [0.1, 0.15) is 12.5 Å². The van der Waals surface area contributed by atoms with Crippen LogP contribution in [-0.2, 0) is 14.4 Å². The highest BCUT2D eigenvalue weighted by molar-refractivity contribution is 6.60. The average Bonchev–Trinajstić information content (AvgIpc) is 2.90. The SMILES string of the molecule is COc1ccc(OC)c(N2C(=O)C(Cl)=C(c3ccc(NC(C)=O)cc3)C2=O)c1. The third-order valence-corrected chi connectivity index (χ3v) is 4.50. The molecule has 28 heavy (non-hydrogen) atoms. The zero-order valence-electron chi connectivity index (χ0n) is 15.4. The van der Waals surface area contributed by atoms with E-state index in [4.69, 9.17) is 21.1 Å². The van der Waals surface area contributed by atoms with E-state index in [2.05, 4.69) is 5.32 Å². The number of benzene rings is 2. The number of methoxy groups -OCH3 is 2. The molecule has 2 aromatic carbocycles. The number of rotatable bonds is 5. The summed E-state index contributed by atoms with van der Waals surface area (Å²) in [6.07, 6.45) is 0. The molecule has 0 atom stereocenters. The molecule has 7 nitrogen and oxygen atoms in total. The van der Waals surface area contributed by atoms with Gasteiger partial charge >= 0.3 is 0 Å². The second-order valence-electron chi connectivity index (χ2n) is 5.93. The highest BCUT2D eigenvalue weighted by Gasteiger charge is 2.40. The third-order valence-electron chi connectivity index (χ3n) is 4.15. The lowest BCUT2D eigenvalue weighted by molar-refractivity contribution is -0.120. The molecule has 144 valence electrons. The fraction of sp³-hybridized carbons (Fsp3) is 0.150. The lowest BCUT2D eigenvalue weighted by Crippen LogP contribution is -2.31. The lowest BCUT2D eigenvalue weighted by atomic mass is 10.1. The molecule has 0 saturated carbocycles. The predicted octanol–water partition coefficient (Wildman–Crippen LogP) is 3.19. The fourth-order valence-electron chi connectivity index (χ4n) is 2.87. The maximum atomic E-state index is 13.1. The Morgan fingerprint density at radius 3 is 2.25 bits per heavy atom. The van der Waals surface area contributed by atoms with Crippen molar-refractivity contribution >= 4 is 46.3 Å². The van der Waals surface area contributed by atoms with Crippen LogP contribution in [-0.4, -0.2) is 31.9 Å². The molecule has 3 rings (SSSR count). The molecule has 0 bridgehead atoms. The molecule has 8 heteroatoms. The third kappa shape index (κ3) is 3.44. The number of hydrogen-bond acceptors (Lipinski definition) is 5. The summed E-state index contributed by atoms with van der Waals surface area (Å²) in [6.45, 7) is 1.39. The number of amides is 3. The van der Waals surface area contributed by atoms with E-state index in [-0.39, 0.29) is 22.2 Å². The molecule has 0 radical (unpaired) electrons. The summed E-state index contributed by atoms with van der Waals surface area (Å²) >= 11 is 6.22. The number of hydrogen-bond donors (Lipinski definition) is 1. The molecule has 0 aromatic heterocycles. The van der Waals surface area contributed by atoms with Gasteiger partial charge in [0.25, 0.3) is 11.8 Å². The van der Waals surface area contributed by atoms with Crippen LogP contribution in [0.3, 0.4) is 0 Å². The Hall–Kier alpha value is -3.32. The summed E-state index contributed by atoms with van der Waals surface area (Å²) in [5, 5.41) is 2.44. The van der Waals surface area contributed by atoms with Gasteiger partial charge in [-0.3, -0.25) is 14.4 Å². The van der Waals surface area contributed by atoms with Crippen LogP contribution in [0, 0.1) is 0 Å². The van der Waals surface area contributed by atoms with Crippen LogP contribution in [0.2, 0.25) is 0 Å². The Balaban J connectivity index is 2.00. The van der Waals surface area contributed by atoms with Crippen LogP contribution in [0.5, 0.6) is 11.5 Å². The van der Waals surface area contributed by atoms with Gasteiger partial charge in [-0.2, -0.15) is 0 Å². The Morgan fingerprint density at radius 1 is 1.00 bits per heavy atom. The Bertz CT molecular complexity index is 998. The Kier molecular flexibility index (Phi) is 5.37. The number of anilines is 2. The van der Waals surface area contributed by atoms with E-state index in [1.165, 1.54) is 27.2 Å². The highest BCUT2D eigenvalue weighted by Crippen LogP contribution is 2.40. The molecule has 2 aromatic rings. The van der Waals surface area contributed by atoms with E-state index in [1.807, 2.05) is 0 Å². The van der Waals surface area contributed by atoms with Crippen molar-refractivity contribution < 1.29 is 23.9 Å². The first kappa shape index (κ1) is 19.4. The zero-order valence-corrected chi connectivity index (χ0v) is 16.2. The van der Waals surface area contributed by atoms with Crippen molar-refractivity contribution in [3.8, 4) is 11.5 Å². The van der Waals surface area contributed by atoms with E-state index in [0.29, 0.717) is 22.7 Å². The Labute approximate surface area is 166 Å². The topological polar surface area (TPSA) is 84.9 Å². The summed E-state index contributed by atoms with van der Waals surface area (Å²) in [7, 11) is 2.92. The fourth-order valence-corrected chi connectivity index (χ4v) is 3.14. The predicted molar refractivity (Wildman–Crippen MR) is 106 cm³/mol. The minimum absolute atomic E-state index is 0.0749. The summed E-state index contributed by atoms with van der Waals surface area (Å²) in [5.74, 6) is -0.656. The molecule has 1 aliphatic rings. The van der Waals surface area contributed by atoms with Crippen LogP contribution < -0.4 is 19.7 Å². The molecule has 0 saturated heterocycles. The number of imide groups is 1. The molecule has 1 N–H and O–H groups in total. The first-order chi connectivity index (χ1) is 13.4. The molecular formula is C20H17ClN2O5. The molecule has 1 heterocycles. The lowest BCUT2D eigenvalue weighted by Gasteiger charge is -2.19. The normalized spacial score (nSPS) is 13.8. The second-order valence-corrected chi connectivity index (χ2v) is 6.31. The van der Waals surface area contributed by atoms with Crippen molar-refractivity contribution in [3.05, 3.63) is 53.1 Å². The first-order valence-electron chi connectivity index (χ1n) is 8.26. The molecular weight excluding hydrogens is 384 g/mol. The standard InChI is InChI=1S/C20H17ClN2O5/c1-11(24)22-13-6-4-12(5-7-13)17-18(21)20(26)23(19(17)25)15-10-14(27-2)8-9-16(15)28-3/h4-10H,1-3H3,(H,22,24). The van der Waals surface area contributed by atoms with E-state index in [9.17, 15) is 14.4 Å². The minimum atomic E-state index is -0.654. The zero-order chi connectivity index (χ0) is 20.4. The van der Waals surface area contributed by atoms with Crippen molar-refractivity contribution in [1.82, 2.24) is 0 Å². The number of halogens is 1. The van der Waals surface area contributed by atoms with Crippen molar-refractivity contribution in [2.45, 2.75) is 6.92 Å². The highest BCUT2D eigenvalue weighted by atomic mass is 35.5. The summed E-state index contributed by atoms with van der Waals surface area (Å²) in [6, 6.07) is 11.3. The van der Waals surface area contributed by atoms with Crippen LogP contribution >= 0.6 is 11.6 Å². The number of carbonyl (C=O) groups is 3. The molecule has 0 unspecified atom stereocenters. The maximum absolute atomic E-state index is 13.1. The van der Waals surface area contributed by atoms with Gasteiger partial charge in [0.15, 0.2) is 0 Å². The van der Waals surface area contributed by atoms with Crippen LogP contribution in [0.15, 0.2) is 47.5 Å². The van der Waals surface area contributed by atoms with Gasteiger partial charge < -0.3 is 14.8 Å². The second kappa shape index (κ2) is 7.74. The van der Waals surface area contributed by atoms with Crippen molar-refractivity contribution in [1.29, 1.82) is 0 Å². The average molecular weight is 401 g/mol. The van der Waals surface area contributed by atoms with E-state index < -0.39 is 11.8 Å². The molecule has 1 aliphatic heterocycles. The van der Waals surface area contributed by atoms with Gasteiger partial charge in [0.1, 0.15) is 16.5 Å². The van der Waals surface area contributed by atoms with E-state index >= 15 is 0 Å². The number of ether oxygens (including phenoxy) is 2. The minimum Gasteiger partial charge on any atom is -0.497 e. The summed E-state index contributed by atoms with van der Waals surface area (Å²) in [4.78, 5) is 37.9. The Morgan fingerprint density at radius 2 is 1.68 bits per heavy atom. The van der Waals surface area contributed by atoms with Crippen molar-refractivity contribution in [2.24, 2.45) is 0 Å². The molecule has 0 fully saturated rings. The van der Waals surface area contributed by atoms with Gasteiger partial charge in [0.2, 0.25) is 5.91 Å². The summed E-state index contributed by atoms with van der Waals surface area (Å²) < 4.78 is 10.5. The van der Waals surface area contributed by atoms with Gasteiger partial charge in [-0.15, -0.1) is 0 Å². The number of nitrogens with one attached hydrogen (secondary N) is 1. The monoisotopic (exact) mass is 400 g/mol. The van der Waals surface area contributed by atoms with Crippen molar-refractivity contribution in [3.63, 3.8) is 0 Å². The van der Waals surface area contributed by atoms with Crippen LogP contribution in [0.25, 0.3) is 5.57 Å². The molecule has 0 spiro atoms. The van der Waals surface area contributed by atoms with Crippen molar-refractivity contribution in [2.75, 3.05) is 24.4 Å². The first-order valence-corrected chi connectivity index (χ1v) is 8.63. The van der Waals surface area contributed by atoms with E-state index in [0.717, 1.165) is 4.90 Å². The van der Waals surface area contributed by atoms with Gasteiger partial charge in [-0.25, -0.2) is 4.90 Å². The largest absolute Gasteiger partial charge is 0.497 e. The smallest absolute Gasteiger partial charge is 0.277 e. The molecule has 0 aliphatic carbocycles. The number of carbonyl (C=O) groups excluding carboxylic acids is 3.